The standard InChI is InChI=1S/C25H48O5/c1-2-3-4-5-6-7-8-9-10-11-12-13-14-15-16-17-18-19-29-23(20-26)25-24(28)22(27)21-30-25/h18-19,22-28H,2-17,20-21H2,1H3/b19-18+/t22-,23+,24-,25-/m1/s1. The average molecular weight is 429 g/mol. The predicted octanol–water partition coefficient (Wildman–Crippen LogP) is 5.26. The number of unbranched alkanes of at least 4 members (excludes halogenated alkanes) is 15. The molecule has 5 nitrogen and oxygen atoms in total. The molecule has 0 radical (unpaired) electrons. The topological polar surface area (TPSA) is 79.2 Å². The van der Waals surface area contributed by atoms with Gasteiger partial charge in [-0.25, -0.2) is 0 Å². The lowest BCUT2D eigenvalue weighted by molar-refractivity contribution is -0.0737. The van der Waals surface area contributed by atoms with Gasteiger partial charge in [-0.3, -0.25) is 0 Å². The third-order valence-corrected chi connectivity index (χ3v) is 6.06. The van der Waals surface area contributed by atoms with Crippen LogP contribution in [0.3, 0.4) is 0 Å². The molecule has 1 aliphatic heterocycles. The summed E-state index contributed by atoms with van der Waals surface area (Å²) in [6, 6.07) is 0. The summed E-state index contributed by atoms with van der Waals surface area (Å²) >= 11 is 0. The van der Waals surface area contributed by atoms with Gasteiger partial charge in [-0.15, -0.1) is 0 Å². The number of allylic oxidation sites excluding steroid dienone is 1. The molecule has 0 saturated carbocycles. The molecule has 0 aliphatic carbocycles. The molecule has 0 aromatic heterocycles. The molecule has 30 heavy (non-hydrogen) atoms. The van der Waals surface area contributed by atoms with Gasteiger partial charge in [-0.2, -0.15) is 0 Å². The lowest BCUT2D eigenvalue weighted by Gasteiger charge is -2.23. The van der Waals surface area contributed by atoms with Gasteiger partial charge >= 0.3 is 0 Å². The third-order valence-electron chi connectivity index (χ3n) is 6.06. The first-order chi connectivity index (χ1) is 14.7. The Balaban J connectivity index is 1.85. The molecule has 0 aromatic rings. The van der Waals surface area contributed by atoms with Gasteiger partial charge in [0.15, 0.2) is 0 Å². The van der Waals surface area contributed by atoms with Gasteiger partial charge in [0, 0.05) is 0 Å². The van der Waals surface area contributed by atoms with Crippen molar-refractivity contribution in [3.05, 3.63) is 12.3 Å². The van der Waals surface area contributed by atoms with Crippen molar-refractivity contribution >= 4 is 0 Å². The Morgan fingerprint density at radius 3 is 1.77 bits per heavy atom. The van der Waals surface area contributed by atoms with Crippen molar-refractivity contribution in [2.45, 2.75) is 134 Å². The van der Waals surface area contributed by atoms with Crippen LogP contribution >= 0.6 is 0 Å². The molecule has 0 bridgehead atoms. The van der Waals surface area contributed by atoms with Crippen LogP contribution in [0.5, 0.6) is 0 Å². The van der Waals surface area contributed by atoms with E-state index in [0.29, 0.717) is 0 Å². The largest absolute Gasteiger partial charge is 0.493 e. The van der Waals surface area contributed by atoms with Crippen LogP contribution in [0.1, 0.15) is 110 Å². The highest BCUT2D eigenvalue weighted by Crippen LogP contribution is 2.20. The highest BCUT2D eigenvalue weighted by atomic mass is 16.6. The van der Waals surface area contributed by atoms with E-state index < -0.39 is 24.4 Å². The normalized spacial score (nSPS) is 22.7. The smallest absolute Gasteiger partial charge is 0.149 e. The van der Waals surface area contributed by atoms with Crippen LogP contribution in [0.25, 0.3) is 0 Å². The average Bonchev–Trinajstić information content (AvgIpc) is 3.08. The maximum Gasteiger partial charge on any atom is 0.149 e. The number of aliphatic hydroxyl groups excluding tert-OH is 3. The van der Waals surface area contributed by atoms with Gasteiger partial charge in [0.2, 0.25) is 0 Å². The van der Waals surface area contributed by atoms with Crippen LogP contribution in [0.15, 0.2) is 12.3 Å². The lowest BCUT2D eigenvalue weighted by atomic mass is 10.0. The van der Waals surface area contributed by atoms with Crippen LogP contribution in [0.2, 0.25) is 0 Å². The summed E-state index contributed by atoms with van der Waals surface area (Å²) in [4.78, 5) is 0. The SMILES string of the molecule is CCCCCCCCCCCCCCCCC/C=C/O[C@@H](CO)[C@H]1OC[C@@H](O)[C@H]1O. The minimum atomic E-state index is -1.01. The second kappa shape index (κ2) is 19.1. The first-order valence-electron chi connectivity index (χ1n) is 12.6. The summed E-state index contributed by atoms with van der Waals surface area (Å²) in [5, 5.41) is 28.7. The van der Waals surface area contributed by atoms with Gasteiger partial charge in [0.25, 0.3) is 0 Å². The molecular formula is C25H48O5. The van der Waals surface area contributed by atoms with Gasteiger partial charge in [0.05, 0.1) is 19.5 Å². The van der Waals surface area contributed by atoms with Gasteiger partial charge < -0.3 is 24.8 Å². The molecule has 0 unspecified atom stereocenters. The first-order valence-corrected chi connectivity index (χ1v) is 12.6. The Labute approximate surface area is 184 Å². The zero-order chi connectivity index (χ0) is 21.9. The fourth-order valence-electron chi connectivity index (χ4n) is 4.04. The molecule has 1 aliphatic rings. The monoisotopic (exact) mass is 428 g/mol. The molecule has 178 valence electrons. The predicted molar refractivity (Wildman–Crippen MR) is 122 cm³/mol. The Kier molecular flexibility index (Phi) is 17.4. The number of hydrogen-bond donors (Lipinski definition) is 3. The first kappa shape index (κ1) is 27.4. The zero-order valence-corrected chi connectivity index (χ0v) is 19.4. The summed E-state index contributed by atoms with van der Waals surface area (Å²) in [5.74, 6) is 0. The molecule has 0 amide bonds. The van der Waals surface area contributed by atoms with E-state index >= 15 is 0 Å². The van der Waals surface area contributed by atoms with Crippen molar-refractivity contribution in [2.24, 2.45) is 0 Å². The second-order valence-corrected chi connectivity index (χ2v) is 8.82. The van der Waals surface area contributed by atoms with Crippen LogP contribution in [0, 0.1) is 0 Å². The van der Waals surface area contributed by atoms with Crippen molar-refractivity contribution in [2.75, 3.05) is 13.2 Å². The fourth-order valence-corrected chi connectivity index (χ4v) is 4.04. The van der Waals surface area contributed by atoms with Crippen LogP contribution in [-0.2, 0) is 9.47 Å². The number of rotatable bonds is 20. The summed E-state index contributed by atoms with van der Waals surface area (Å²) in [6.45, 7) is 2.10. The van der Waals surface area contributed by atoms with Crippen molar-refractivity contribution < 1.29 is 24.8 Å². The molecule has 0 spiro atoms. The molecule has 1 heterocycles. The van der Waals surface area contributed by atoms with Crippen molar-refractivity contribution in [3.63, 3.8) is 0 Å². The van der Waals surface area contributed by atoms with E-state index in [2.05, 4.69) is 6.92 Å². The Bertz CT molecular complexity index is 401. The van der Waals surface area contributed by atoms with Crippen LogP contribution in [0.4, 0.5) is 0 Å². The molecule has 1 rings (SSSR count). The molecule has 0 aromatic carbocycles. The quantitative estimate of drug-likeness (QED) is 0.182. The fraction of sp³-hybridized carbons (Fsp3) is 0.920. The molecular weight excluding hydrogens is 380 g/mol. The summed E-state index contributed by atoms with van der Waals surface area (Å²) in [6.07, 6.45) is 21.7. The molecule has 1 fully saturated rings. The van der Waals surface area contributed by atoms with E-state index in [0.717, 1.165) is 12.8 Å². The number of ether oxygens (including phenoxy) is 2. The number of aliphatic hydroxyl groups is 3. The zero-order valence-electron chi connectivity index (χ0n) is 19.4. The second-order valence-electron chi connectivity index (χ2n) is 8.82. The van der Waals surface area contributed by atoms with E-state index in [1.54, 1.807) is 6.26 Å². The maximum absolute atomic E-state index is 9.82. The van der Waals surface area contributed by atoms with E-state index in [4.69, 9.17) is 9.47 Å². The molecule has 5 heteroatoms. The van der Waals surface area contributed by atoms with Crippen molar-refractivity contribution in [3.8, 4) is 0 Å². The Hall–Kier alpha value is -0.620. The minimum Gasteiger partial charge on any atom is -0.493 e. The van der Waals surface area contributed by atoms with Crippen LogP contribution < -0.4 is 0 Å². The highest BCUT2D eigenvalue weighted by Gasteiger charge is 2.40. The van der Waals surface area contributed by atoms with Crippen molar-refractivity contribution in [1.82, 2.24) is 0 Å². The summed E-state index contributed by atoms with van der Waals surface area (Å²) in [7, 11) is 0. The van der Waals surface area contributed by atoms with E-state index in [1.165, 1.54) is 89.9 Å². The Morgan fingerprint density at radius 2 is 1.33 bits per heavy atom. The summed E-state index contributed by atoms with van der Waals surface area (Å²) < 4.78 is 10.8. The van der Waals surface area contributed by atoms with Gasteiger partial charge in [-0.1, -0.05) is 96.8 Å². The van der Waals surface area contributed by atoms with Gasteiger partial charge in [0.1, 0.15) is 24.4 Å². The van der Waals surface area contributed by atoms with E-state index in [-0.39, 0.29) is 13.2 Å². The number of hydrogen-bond acceptors (Lipinski definition) is 5. The molecule has 4 atom stereocenters. The maximum atomic E-state index is 9.82. The third kappa shape index (κ3) is 12.9. The van der Waals surface area contributed by atoms with Crippen molar-refractivity contribution in [1.29, 1.82) is 0 Å². The minimum absolute atomic E-state index is 0.0779. The van der Waals surface area contributed by atoms with Gasteiger partial charge in [-0.05, 0) is 18.9 Å². The van der Waals surface area contributed by atoms with E-state index in [1.807, 2.05) is 6.08 Å². The molecule has 1 saturated heterocycles. The Morgan fingerprint density at radius 1 is 0.833 bits per heavy atom. The summed E-state index contributed by atoms with van der Waals surface area (Å²) in [5.41, 5.74) is 0. The van der Waals surface area contributed by atoms with Crippen LogP contribution in [-0.4, -0.2) is 52.9 Å². The highest BCUT2D eigenvalue weighted by molar-refractivity contribution is 4.90. The molecule has 3 N–H and O–H groups in total. The van der Waals surface area contributed by atoms with E-state index in [9.17, 15) is 15.3 Å². The lowest BCUT2D eigenvalue weighted by Crippen LogP contribution is -2.41.